The van der Waals surface area contributed by atoms with Crippen LogP contribution in [0.1, 0.15) is 67.2 Å². The van der Waals surface area contributed by atoms with Crippen molar-refractivity contribution >= 4 is 34.9 Å². The summed E-state index contributed by atoms with van der Waals surface area (Å²) >= 11 is 1.79. The van der Waals surface area contributed by atoms with Gasteiger partial charge in [-0.25, -0.2) is 0 Å². The average Bonchev–Trinajstić information content (AvgIpc) is 2.58. The molecule has 0 bridgehead atoms. The molecule has 2 rings (SSSR count). The predicted octanol–water partition coefficient (Wildman–Crippen LogP) is 4.14. The second kappa shape index (κ2) is 8.18. The minimum atomic E-state index is -0.845. The molecule has 0 spiro atoms. The van der Waals surface area contributed by atoms with Crippen molar-refractivity contribution in [3.05, 3.63) is 0 Å². The standard InChI is InChI=1S/C22H34O4S/c1-13(15-7-9-17(23)21(3,4)19(15)25)11-27-12-14(2)16-8-10-18(24)22(5,6)20(16)26/h13-16H,7-12H2,1-6H3. The molecule has 4 unspecified atom stereocenters. The van der Waals surface area contributed by atoms with Crippen LogP contribution in [0.5, 0.6) is 0 Å². The summed E-state index contributed by atoms with van der Waals surface area (Å²) in [6.07, 6.45) is 2.31. The van der Waals surface area contributed by atoms with Gasteiger partial charge in [0.15, 0.2) is 0 Å². The summed E-state index contributed by atoms with van der Waals surface area (Å²) in [4.78, 5) is 49.4. The smallest absolute Gasteiger partial charge is 0.149 e. The third-order valence-electron chi connectivity index (χ3n) is 6.80. The van der Waals surface area contributed by atoms with Crippen molar-refractivity contribution < 1.29 is 19.2 Å². The first-order chi connectivity index (χ1) is 12.4. The number of Topliss-reactive ketones (excluding diaryl/α,β-unsaturated/α-hetero) is 4. The molecule has 2 saturated carbocycles. The van der Waals surface area contributed by atoms with Crippen LogP contribution in [0, 0.1) is 34.5 Å². The Morgan fingerprint density at radius 2 is 1.11 bits per heavy atom. The van der Waals surface area contributed by atoms with Crippen molar-refractivity contribution in [2.24, 2.45) is 34.5 Å². The minimum absolute atomic E-state index is 0.0478. The summed E-state index contributed by atoms with van der Waals surface area (Å²) in [5, 5.41) is 0. The van der Waals surface area contributed by atoms with Crippen LogP contribution in [0.15, 0.2) is 0 Å². The van der Waals surface area contributed by atoms with E-state index in [-0.39, 0.29) is 46.8 Å². The Morgan fingerprint density at radius 3 is 1.44 bits per heavy atom. The maximum Gasteiger partial charge on any atom is 0.149 e. The van der Waals surface area contributed by atoms with E-state index >= 15 is 0 Å². The number of hydrogen-bond acceptors (Lipinski definition) is 5. The van der Waals surface area contributed by atoms with Crippen LogP contribution in [0.2, 0.25) is 0 Å². The summed E-state index contributed by atoms with van der Waals surface area (Å²) in [5.41, 5.74) is -1.69. The second-order valence-electron chi connectivity index (χ2n) is 9.61. The van der Waals surface area contributed by atoms with E-state index < -0.39 is 10.8 Å². The minimum Gasteiger partial charge on any atom is -0.299 e. The first-order valence-corrected chi connectivity index (χ1v) is 11.3. The van der Waals surface area contributed by atoms with Gasteiger partial charge in [-0.2, -0.15) is 11.8 Å². The molecule has 0 saturated heterocycles. The molecule has 0 aliphatic heterocycles. The fourth-order valence-electron chi connectivity index (χ4n) is 4.42. The van der Waals surface area contributed by atoms with Crippen LogP contribution < -0.4 is 0 Å². The van der Waals surface area contributed by atoms with Gasteiger partial charge in [-0.1, -0.05) is 13.8 Å². The molecule has 2 fully saturated rings. The lowest BCUT2D eigenvalue weighted by Gasteiger charge is -2.36. The molecule has 4 atom stereocenters. The highest BCUT2D eigenvalue weighted by Crippen LogP contribution is 2.39. The van der Waals surface area contributed by atoms with Gasteiger partial charge in [-0.15, -0.1) is 0 Å². The van der Waals surface area contributed by atoms with Gasteiger partial charge in [0.25, 0.3) is 0 Å². The van der Waals surface area contributed by atoms with Crippen molar-refractivity contribution in [1.29, 1.82) is 0 Å². The molecule has 5 heteroatoms. The molecule has 0 N–H and O–H groups in total. The van der Waals surface area contributed by atoms with Gasteiger partial charge >= 0.3 is 0 Å². The normalized spacial score (nSPS) is 30.3. The largest absolute Gasteiger partial charge is 0.299 e. The Bertz CT molecular complexity index is 580. The van der Waals surface area contributed by atoms with E-state index in [4.69, 9.17) is 0 Å². The van der Waals surface area contributed by atoms with E-state index in [0.717, 1.165) is 11.5 Å². The molecule has 0 radical (unpaired) electrons. The third kappa shape index (κ3) is 4.38. The Balaban J connectivity index is 1.87. The highest BCUT2D eigenvalue weighted by atomic mass is 32.2. The molecule has 2 aliphatic carbocycles. The van der Waals surface area contributed by atoms with E-state index in [1.165, 1.54) is 0 Å². The summed E-state index contributed by atoms with van der Waals surface area (Å²) in [6.45, 7) is 11.2. The van der Waals surface area contributed by atoms with Crippen LogP contribution >= 0.6 is 11.8 Å². The van der Waals surface area contributed by atoms with Crippen molar-refractivity contribution in [2.75, 3.05) is 11.5 Å². The van der Waals surface area contributed by atoms with E-state index in [2.05, 4.69) is 13.8 Å². The Kier molecular flexibility index (Phi) is 6.76. The Labute approximate surface area is 167 Å². The van der Waals surface area contributed by atoms with Gasteiger partial charge in [0, 0.05) is 24.7 Å². The summed E-state index contributed by atoms with van der Waals surface area (Å²) in [7, 11) is 0. The monoisotopic (exact) mass is 394 g/mol. The molecule has 2 aliphatic rings. The lowest BCUT2D eigenvalue weighted by atomic mass is 9.67. The van der Waals surface area contributed by atoms with E-state index in [0.29, 0.717) is 25.7 Å². The first kappa shape index (κ1) is 22.3. The van der Waals surface area contributed by atoms with Gasteiger partial charge < -0.3 is 0 Å². The lowest BCUT2D eigenvalue weighted by molar-refractivity contribution is -0.147. The lowest BCUT2D eigenvalue weighted by Crippen LogP contribution is -2.45. The number of ketones is 4. The van der Waals surface area contributed by atoms with Crippen LogP contribution in [0.4, 0.5) is 0 Å². The van der Waals surface area contributed by atoms with Gasteiger partial charge in [0.1, 0.15) is 23.1 Å². The number of thioether (sulfide) groups is 1. The zero-order valence-electron chi connectivity index (χ0n) is 17.6. The van der Waals surface area contributed by atoms with Crippen LogP contribution in [-0.4, -0.2) is 34.6 Å². The van der Waals surface area contributed by atoms with Gasteiger partial charge in [-0.3, -0.25) is 19.2 Å². The quantitative estimate of drug-likeness (QED) is 0.633. The van der Waals surface area contributed by atoms with Crippen LogP contribution in [0.3, 0.4) is 0 Å². The zero-order chi connectivity index (χ0) is 20.6. The second-order valence-corrected chi connectivity index (χ2v) is 10.7. The topological polar surface area (TPSA) is 68.3 Å². The SMILES string of the molecule is CC(CSCC(C)C1CCC(=O)C(C)(C)C1=O)C1CCC(=O)C(C)(C)C1=O. The molecule has 4 nitrogen and oxygen atoms in total. The average molecular weight is 395 g/mol. The molecule has 0 amide bonds. The highest BCUT2D eigenvalue weighted by Gasteiger charge is 2.46. The van der Waals surface area contributed by atoms with Crippen molar-refractivity contribution in [2.45, 2.75) is 67.2 Å². The molecule has 27 heavy (non-hydrogen) atoms. The van der Waals surface area contributed by atoms with E-state index in [1.807, 2.05) is 0 Å². The summed E-state index contributed by atoms with van der Waals surface area (Å²) < 4.78 is 0. The molecule has 0 aromatic heterocycles. The number of carbonyl (C=O) groups excluding carboxylic acids is 4. The van der Waals surface area contributed by atoms with Gasteiger partial charge in [0.05, 0.1) is 10.8 Å². The maximum atomic E-state index is 12.7. The van der Waals surface area contributed by atoms with Crippen LogP contribution in [0.25, 0.3) is 0 Å². The predicted molar refractivity (Wildman–Crippen MR) is 109 cm³/mol. The fraction of sp³-hybridized carbons (Fsp3) is 0.818. The zero-order valence-corrected chi connectivity index (χ0v) is 18.4. The molecule has 152 valence electrons. The van der Waals surface area contributed by atoms with Gasteiger partial charge in [-0.05, 0) is 63.9 Å². The molecule has 0 heterocycles. The summed E-state index contributed by atoms with van der Waals surface area (Å²) in [5.74, 6) is 2.36. The highest BCUT2D eigenvalue weighted by molar-refractivity contribution is 7.99. The molecule has 0 aromatic rings. The maximum absolute atomic E-state index is 12.7. The van der Waals surface area contributed by atoms with Crippen LogP contribution in [-0.2, 0) is 19.2 Å². The van der Waals surface area contributed by atoms with E-state index in [1.54, 1.807) is 39.5 Å². The van der Waals surface area contributed by atoms with Crippen molar-refractivity contribution in [3.63, 3.8) is 0 Å². The fourth-order valence-corrected chi connectivity index (χ4v) is 5.76. The first-order valence-electron chi connectivity index (χ1n) is 10.1. The molecule has 0 aromatic carbocycles. The van der Waals surface area contributed by atoms with E-state index in [9.17, 15) is 19.2 Å². The summed E-state index contributed by atoms with van der Waals surface area (Å²) in [6, 6.07) is 0. The van der Waals surface area contributed by atoms with Crippen molar-refractivity contribution in [1.82, 2.24) is 0 Å². The number of rotatable bonds is 6. The van der Waals surface area contributed by atoms with Gasteiger partial charge in [0.2, 0.25) is 0 Å². The number of hydrogen-bond donors (Lipinski definition) is 0. The third-order valence-corrected chi connectivity index (χ3v) is 8.32. The number of carbonyl (C=O) groups is 4. The Morgan fingerprint density at radius 1 is 0.778 bits per heavy atom. The van der Waals surface area contributed by atoms with Crippen molar-refractivity contribution in [3.8, 4) is 0 Å². The Hall–Kier alpha value is -0.970. The molecular formula is C22H34O4S. The molecular weight excluding hydrogens is 360 g/mol.